The van der Waals surface area contributed by atoms with Crippen molar-refractivity contribution in [2.75, 3.05) is 0 Å². The normalized spacial score (nSPS) is 11.8. The number of aromatic nitrogens is 6. The minimum absolute atomic E-state index is 0.467. The average molecular weight is 1010 g/mol. The molecule has 0 radical (unpaired) electrons. The molecule has 0 amide bonds. The van der Waals surface area contributed by atoms with Crippen LogP contribution in [0.4, 0.5) is 0 Å². The van der Waals surface area contributed by atoms with Gasteiger partial charge in [-0.1, -0.05) is 218 Å². The molecule has 4 aromatic heterocycles. The highest BCUT2D eigenvalue weighted by Crippen LogP contribution is 2.42. The first-order valence-electron chi connectivity index (χ1n) is 26.2. The van der Waals surface area contributed by atoms with Crippen molar-refractivity contribution in [2.24, 2.45) is 0 Å². The lowest BCUT2D eigenvalue weighted by molar-refractivity contribution is 0.894. The van der Waals surface area contributed by atoms with Crippen LogP contribution in [-0.4, -0.2) is 36.7 Å². The molecule has 0 unspecified atom stereocenters. The summed E-state index contributed by atoms with van der Waals surface area (Å²) in [5.41, 5.74) is 10.9. The second-order valence-electron chi connectivity index (χ2n) is 19.9. The van der Waals surface area contributed by atoms with Crippen molar-refractivity contribution < 1.29 is 0 Å². The number of hydrogen-bond acceptors (Lipinski definition) is 4. The van der Waals surface area contributed by atoms with E-state index in [0.717, 1.165) is 76.7 Å². The zero-order valence-corrected chi connectivity index (χ0v) is 43.1. The molecule has 4 heterocycles. The van der Waals surface area contributed by atoms with Gasteiger partial charge in [0.1, 0.15) is 0 Å². The van der Waals surface area contributed by atoms with Gasteiger partial charge in [0, 0.05) is 43.6 Å². The smallest absolute Gasteiger partial charge is 0.240 e. The maximum atomic E-state index is 10.1. The van der Waals surface area contributed by atoms with Crippen LogP contribution < -0.4 is 20.7 Å². The molecule has 0 saturated carbocycles. The monoisotopic (exact) mass is 1010 g/mol. The van der Waals surface area contributed by atoms with Crippen LogP contribution in [0.15, 0.2) is 273 Å². The van der Waals surface area contributed by atoms with E-state index in [-0.39, 0.29) is 0 Å². The SMILES string of the molecule is N#Cc1ccc2c(c1)c1ccccc1n2-c1nc(-c2ccc([Si](c3ccccc3)(c3ccccc3)c3cccc(-c4ccccc4)c3)cc2)nc(-n2c3ccccc3c3ccc4c(c5ccccc5n4-c4ccccc4)c32)n1. The van der Waals surface area contributed by atoms with Gasteiger partial charge >= 0.3 is 0 Å². The molecule has 0 saturated heterocycles. The highest BCUT2D eigenvalue weighted by molar-refractivity contribution is 7.20. The van der Waals surface area contributed by atoms with Gasteiger partial charge in [-0.2, -0.15) is 20.2 Å². The Labute approximate surface area is 450 Å². The second-order valence-corrected chi connectivity index (χ2v) is 23.7. The lowest BCUT2D eigenvalue weighted by Crippen LogP contribution is -2.74. The number of benzene rings is 11. The Kier molecular flexibility index (Phi) is 10.5. The highest BCUT2D eigenvalue weighted by atomic mass is 28.3. The molecule has 0 atom stereocenters. The topological polar surface area (TPSA) is 77.2 Å². The van der Waals surface area contributed by atoms with Crippen LogP contribution in [0.3, 0.4) is 0 Å². The summed E-state index contributed by atoms with van der Waals surface area (Å²) >= 11 is 0. The van der Waals surface area contributed by atoms with Gasteiger partial charge in [0.25, 0.3) is 0 Å². The number of para-hydroxylation sites is 4. The van der Waals surface area contributed by atoms with E-state index in [4.69, 9.17) is 15.0 Å². The first-order chi connectivity index (χ1) is 38.7. The number of nitrogens with zero attached hydrogens (tertiary/aromatic N) is 7. The van der Waals surface area contributed by atoms with Gasteiger partial charge in [0.05, 0.1) is 44.7 Å². The van der Waals surface area contributed by atoms with Gasteiger partial charge in [0.2, 0.25) is 11.9 Å². The van der Waals surface area contributed by atoms with E-state index in [2.05, 4.69) is 262 Å². The molecule has 15 aromatic rings. The van der Waals surface area contributed by atoms with E-state index in [0.29, 0.717) is 23.3 Å². The summed E-state index contributed by atoms with van der Waals surface area (Å²) in [6.45, 7) is 0. The number of nitriles is 1. The average Bonchev–Trinajstić information content (AvgIpc) is 4.30. The molecular formula is C70H45N7Si. The van der Waals surface area contributed by atoms with Crippen molar-refractivity contribution in [3.05, 3.63) is 279 Å². The molecule has 0 bridgehead atoms. The first-order valence-corrected chi connectivity index (χ1v) is 28.2. The Morgan fingerprint density at radius 3 is 1.49 bits per heavy atom. The lowest BCUT2D eigenvalue weighted by atomic mass is 10.1. The minimum atomic E-state index is -2.98. The summed E-state index contributed by atoms with van der Waals surface area (Å²) in [5, 5.41) is 21.6. The van der Waals surface area contributed by atoms with Crippen molar-refractivity contribution >= 4 is 94.2 Å². The van der Waals surface area contributed by atoms with Gasteiger partial charge in [-0.25, -0.2) is 0 Å². The molecule has 0 N–H and O–H groups in total. The number of rotatable bonds is 9. The fraction of sp³-hybridized carbons (Fsp3) is 0. The van der Waals surface area contributed by atoms with Crippen LogP contribution in [-0.2, 0) is 0 Å². The van der Waals surface area contributed by atoms with Crippen molar-refractivity contribution in [3.63, 3.8) is 0 Å². The summed E-state index contributed by atoms with van der Waals surface area (Å²) < 4.78 is 6.74. The van der Waals surface area contributed by atoms with Gasteiger partial charge < -0.3 is 4.57 Å². The molecule has 0 fully saturated rings. The van der Waals surface area contributed by atoms with Crippen LogP contribution in [0.25, 0.3) is 106 Å². The molecule has 11 aromatic carbocycles. The van der Waals surface area contributed by atoms with E-state index < -0.39 is 8.07 Å². The highest BCUT2D eigenvalue weighted by Gasteiger charge is 2.41. The maximum absolute atomic E-state index is 10.1. The molecule has 15 rings (SSSR count). The van der Waals surface area contributed by atoms with E-state index in [9.17, 15) is 5.26 Å². The molecule has 364 valence electrons. The van der Waals surface area contributed by atoms with Crippen molar-refractivity contribution in [2.45, 2.75) is 0 Å². The minimum Gasteiger partial charge on any atom is -0.309 e. The fourth-order valence-corrected chi connectivity index (χ4v) is 17.1. The molecule has 0 aliphatic rings. The van der Waals surface area contributed by atoms with E-state index in [1.165, 1.54) is 31.9 Å². The Hall–Kier alpha value is -10.5. The Balaban J connectivity index is 1.01. The van der Waals surface area contributed by atoms with Gasteiger partial charge in [0.15, 0.2) is 13.9 Å². The third-order valence-corrected chi connectivity index (χ3v) is 20.5. The van der Waals surface area contributed by atoms with Gasteiger partial charge in [-0.05, 0) is 86.5 Å². The lowest BCUT2D eigenvalue weighted by Gasteiger charge is -2.34. The molecule has 0 spiro atoms. The van der Waals surface area contributed by atoms with E-state index in [1.807, 2.05) is 30.3 Å². The fourth-order valence-electron chi connectivity index (χ4n) is 12.3. The standard InChI is InChI=1S/C70H45N7Si/c71-46-47-36-42-64-60(44-47)57-31-14-16-33-61(57)76(64)69-72-68(49-37-39-54(40-38-49)78(52-25-9-3-10-26-52,53-27-11-4-12-28-53)55-29-19-22-50(45-55)48-20-5-1-6-21-48)73-70(74-69)77-62-34-17-13-30-56(62)58-41-43-65-66(67(58)77)59-32-15-18-35-63(59)75(65)51-23-7-2-8-24-51/h1-45H. The number of hydrogen-bond donors (Lipinski definition) is 0. The van der Waals surface area contributed by atoms with Crippen LogP contribution in [0.5, 0.6) is 0 Å². The molecule has 0 aliphatic carbocycles. The predicted octanol–water partition coefficient (Wildman–Crippen LogP) is 13.7. The largest absolute Gasteiger partial charge is 0.309 e. The van der Waals surface area contributed by atoms with Crippen molar-refractivity contribution in [1.82, 2.24) is 28.7 Å². The molecular weight excluding hydrogens is 967 g/mol. The maximum Gasteiger partial charge on any atom is 0.240 e. The van der Waals surface area contributed by atoms with Crippen LogP contribution in [0.1, 0.15) is 5.56 Å². The summed E-state index contributed by atoms with van der Waals surface area (Å²) in [6, 6.07) is 99.8. The molecule has 7 nitrogen and oxygen atoms in total. The first kappa shape index (κ1) is 45.0. The zero-order chi connectivity index (χ0) is 51.7. The second kappa shape index (κ2) is 18.1. The van der Waals surface area contributed by atoms with Crippen LogP contribution >= 0.6 is 0 Å². The van der Waals surface area contributed by atoms with Gasteiger partial charge in [-0.3, -0.25) is 9.13 Å². The van der Waals surface area contributed by atoms with Crippen LogP contribution in [0, 0.1) is 11.3 Å². The van der Waals surface area contributed by atoms with E-state index in [1.54, 1.807) is 0 Å². The van der Waals surface area contributed by atoms with Crippen LogP contribution in [0.2, 0.25) is 0 Å². The molecule has 0 aliphatic heterocycles. The Bertz CT molecular complexity index is 4810. The third-order valence-electron chi connectivity index (χ3n) is 15.7. The summed E-state index contributed by atoms with van der Waals surface area (Å²) in [7, 11) is -2.98. The Morgan fingerprint density at radius 2 is 0.821 bits per heavy atom. The summed E-state index contributed by atoms with van der Waals surface area (Å²) in [4.78, 5) is 16.7. The van der Waals surface area contributed by atoms with Crippen molar-refractivity contribution in [3.8, 4) is 46.2 Å². The summed E-state index contributed by atoms with van der Waals surface area (Å²) in [6.07, 6.45) is 0. The molecule has 78 heavy (non-hydrogen) atoms. The predicted molar refractivity (Wildman–Crippen MR) is 322 cm³/mol. The zero-order valence-electron chi connectivity index (χ0n) is 42.1. The quantitative estimate of drug-likeness (QED) is 0.107. The third kappa shape index (κ3) is 6.92. The molecule has 8 heteroatoms. The van der Waals surface area contributed by atoms with Gasteiger partial charge in [-0.15, -0.1) is 0 Å². The number of fused-ring (bicyclic) bond motifs is 10. The van der Waals surface area contributed by atoms with Crippen molar-refractivity contribution in [1.29, 1.82) is 5.26 Å². The Morgan fingerprint density at radius 1 is 0.321 bits per heavy atom. The summed E-state index contributed by atoms with van der Waals surface area (Å²) in [5.74, 6) is 1.49. The van der Waals surface area contributed by atoms with E-state index >= 15 is 0 Å².